The number of Topliss-reactive ketones (excluding diaryl/α,β-unsaturated/α-hetero) is 1. The lowest BCUT2D eigenvalue weighted by Crippen LogP contribution is -2.40. The Balaban J connectivity index is 1.96. The molecule has 98 valence electrons. The molecule has 3 heteroatoms. The summed E-state index contributed by atoms with van der Waals surface area (Å²) in [5.41, 5.74) is 0.797. The summed E-state index contributed by atoms with van der Waals surface area (Å²) in [5, 5.41) is 0. The Bertz CT molecular complexity index is 411. The molecule has 0 aliphatic heterocycles. The standard InChI is InChI=1S/C15H20BrNO/c1-11(17(2)10-12-4-3-5-12)15(18)13-6-8-14(16)9-7-13/h6-9,11-12H,3-5,10H2,1-2H3. The Morgan fingerprint density at radius 2 is 2.00 bits per heavy atom. The van der Waals surface area contributed by atoms with Crippen molar-refractivity contribution in [3.05, 3.63) is 34.3 Å². The van der Waals surface area contributed by atoms with Gasteiger partial charge >= 0.3 is 0 Å². The average molecular weight is 310 g/mol. The van der Waals surface area contributed by atoms with Crippen LogP contribution in [0.5, 0.6) is 0 Å². The minimum atomic E-state index is -0.0354. The van der Waals surface area contributed by atoms with Crippen molar-refractivity contribution in [2.24, 2.45) is 5.92 Å². The van der Waals surface area contributed by atoms with Crippen LogP contribution in [0.15, 0.2) is 28.7 Å². The van der Waals surface area contributed by atoms with Crippen LogP contribution >= 0.6 is 15.9 Å². The van der Waals surface area contributed by atoms with Crippen LogP contribution < -0.4 is 0 Å². The van der Waals surface area contributed by atoms with Crippen LogP contribution in [-0.2, 0) is 0 Å². The van der Waals surface area contributed by atoms with Crippen LogP contribution in [0.25, 0.3) is 0 Å². The van der Waals surface area contributed by atoms with E-state index in [4.69, 9.17) is 0 Å². The van der Waals surface area contributed by atoms with Gasteiger partial charge in [-0.3, -0.25) is 9.69 Å². The molecule has 0 saturated heterocycles. The molecule has 1 atom stereocenters. The molecule has 0 aromatic heterocycles. The molecule has 0 bridgehead atoms. The summed E-state index contributed by atoms with van der Waals surface area (Å²) in [6, 6.07) is 7.59. The van der Waals surface area contributed by atoms with Crippen molar-refractivity contribution in [2.45, 2.75) is 32.2 Å². The normalized spacial score (nSPS) is 17.6. The highest BCUT2D eigenvalue weighted by molar-refractivity contribution is 9.10. The van der Waals surface area contributed by atoms with Crippen molar-refractivity contribution in [2.75, 3.05) is 13.6 Å². The van der Waals surface area contributed by atoms with Gasteiger partial charge in [-0.05, 0) is 44.9 Å². The van der Waals surface area contributed by atoms with E-state index < -0.39 is 0 Å². The number of likely N-dealkylation sites (N-methyl/N-ethyl adjacent to an activating group) is 1. The number of rotatable bonds is 5. The molecular formula is C15H20BrNO. The van der Waals surface area contributed by atoms with Gasteiger partial charge in [-0.25, -0.2) is 0 Å². The van der Waals surface area contributed by atoms with Gasteiger partial charge in [-0.1, -0.05) is 34.5 Å². The topological polar surface area (TPSA) is 20.3 Å². The first-order chi connectivity index (χ1) is 8.58. The monoisotopic (exact) mass is 309 g/mol. The molecule has 0 amide bonds. The van der Waals surface area contributed by atoms with Gasteiger partial charge in [0, 0.05) is 16.6 Å². The highest BCUT2D eigenvalue weighted by Crippen LogP contribution is 2.27. The van der Waals surface area contributed by atoms with E-state index in [0.29, 0.717) is 0 Å². The molecule has 1 aliphatic rings. The molecule has 2 nitrogen and oxygen atoms in total. The summed E-state index contributed by atoms with van der Waals surface area (Å²) < 4.78 is 1.01. The summed E-state index contributed by atoms with van der Waals surface area (Å²) >= 11 is 3.39. The number of halogens is 1. The summed E-state index contributed by atoms with van der Waals surface area (Å²) in [6.45, 7) is 3.05. The summed E-state index contributed by atoms with van der Waals surface area (Å²) in [4.78, 5) is 14.5. The first-order valence-corrected chi connectivity index (χ1v) is 7.37. The van der Waals surface area contributed by atoms with E-state index >= 15 is 0 Å². The summed E-state index contributed by atoms with van der Waals surface area (Å²) in [7, 11) is 2.06. The smallest absolute Gasteiger partial charge is 0.179 e. The van der Waals surface area contributed by atoms with Gasteiger partial charge in [-0.15, -0.1) is 0 Å². The highest BCUT2D eigenvalue weighted by Gasteiger charge is 2.24. The van der Waals surface area contributed by atoms with Crippen molar-refractivity contribution < 1.29 is 4.79 Å². The summed E-state index contributed by atoms with van der Waals surface area (Å²) in [6.07, 6.45) is 4.00. The highest BCUT2D eigenvalue weighted by atomic mass is 79.9. The second-order valence-electron chi connectivity index (χ2n) is 5.28. The Labute approximate surface area is 117 Å². The van der Waals surface area contributed by atoms with Crippen LogP contribution in [0.1, 0.15) is 36.5 Å². The van der Waals surface area contributed by atoms with Crippen LogP contribution in [-0.4, -0.2) is 30.3 Å². The van der Waals surface area contributed by atoms with Gasteiger partial charge in [0.2, 0.25) is 0 Å². The van der Waals surface area contributed by atoms with Crippen molar-refractivity contribution in [3.63, 3.8) is 0 Å². The third-order valence-corrected chi connectivity index (χ3v) is 4.47. The molecule has 1 aromatic rings. The Hall–Kier alpha value is -0.670. The fourth-order valence-corrected chi connectivity index (χ4v) is 2.56. The van der Waals surface area contributed by atoms with E-state index in [9.17, 15) is 4.79 Å². The van der Waals surface area contributed by atoms with Gasteiger partial charge < -0.3 is 0 Å². The second-order valence-corrected chi connectivity index (χ2v) is 6.20. The number of nitrogens with zero attached hydrogens (tertiary/aromatic N) is 1. The van der Waals surface area contributed by atoms with Gasteiger partial charge in [0.1, 0.15) is 0 Å². The SMILES string of the molecule is CC(C(=O)c1ccc(Br)cc1)N(C)CC1CCC1. The number of hydrogen-bond acceptors (Lipinski definition) is 2. The lowest BCUT2D eigenvalue weighted by atomic mass is 9.85. The molecule has 0 N–H and O–H groups in total. The second kappa shape index (κ2) is 5.98. The van der Waals surface area contributed by atoms with E-state index in [0.717, 1.165) is 22.5 Å². The zero-order valence-electron chi connectivity index (χ0n) is 11.0. The maximum atomic E-state index is 12.3. The zero-order chi connectivity index (χ0) is 13.1. The predicted molar refractivity (Wildman–Crippen MR) is 77.9 cm³/mol. The van der Waals surface area contributed by atoms with E-state index in [-0.39, 0.29) is 11.8 Å². The molecule has 0 heterocycles. The van der Waals surface area contributed by atoms with Gasteiger partial charge in [0.05, 0.1) is 6.04 Å². The Morgan fingerprint density at radius 3 is 2.50 bits per heavy atom. The fraction of sp³-hybridized carbons (Fsp3) is 0.533. The molecule has 1 fully saturated rings. The zero-order valence-corrected chi connectivity index (χ0v) is 12.6. The van der Waals surface area contributed by atoms with Crippen LogP contribution in [0.4, 0.5) is 0 Å². The number of carbonyl (C=O) groups is 1. The molecule has 1 aromatic carbocycles. The summed E-state index contributed by atoms with van der Waals surface area (Å²) in [5.74, 6) is 1.01. The molecule has 0 radical (unpaired) electrons. The quantitative estimate of drug-likeness (QED) is 0.772. The molecular weight excluding hydrogens is 290 g/mol. The van der Waals surface area contributed by atoms with Crippen molar-refractivity contribution >= 4 is 21.7 Å². The minimum Gasteiger partial charge on any atom is -0.296 e. The Kier molecular flexibility index (Phi) is 4.57. The molecule has 1 unspecified atom stereocenters. The van der Waals surface area contributed by atoms with E-state index in [1.54, 1.807) is 0 Å². The van der Waals surface area contributed by atoms with Crippen molar-refractivity contribution in [1.82, 2.24) is 4.90 Å². The lowest BCUT2D eigenvalue weighted by Gasteiger charge is -2.32. The van der Waals surface area contributed by atoms with Crippen molar-refractivity contribution in [3.8, 4) is 0 Å². The third-order valence-electron chi connectivity index (χ3n) is 3.94. The lowest BCUT2D eigenvalue weighted by molar-refractivity contribution is 0.0828. The molecule has 2 rings (SSSR count). The fourth-order valence-electron chi connectivity index (χ4n) is 2.30. The minimum absolute atomic E-state index is 0.0354. The Morgan fingerprint density at radius 1 is 1.39 bits per heavy atom. The first kappa shape index (κ1) is 13.8. The van der Waals surface area contributed by atoms with E-state index in [1.165, 1.54) is 19.3 Å². The number of carbonyl (C=O) groups excluding carboxylic acids is 1. The van der Waals surface area contributed by atoms with E-state index in [2.05, 4.69) is 27.9 Å². The van der Waals surface area contributed by atoms with Gasteiger partial charge in [0.25, 0.3) is 0 Å². The molecule has 0 spiro atoms. The van der Waals surface area contributed by atoms with E-state index in [1.807, 2.05) is 31.2 Å². The maximum absolute atomic E-state index is 12.3. The number of hydrogen-bond donors (Lipinski definition) is 0. The van der Waals surface area contributed by atoms with Crippen LogP contribution in [0.2, 0.25) is 0 Å². The van der Waals surface area contributed by atoms with Crippen LogP contribution in [0, 0.1) is 5.92 Å². The van der Waals surface area contributed by atoms with Crippen LogP contribution in [0.3, 0.4) is 0 Å². The van der Waals surface area contributed by atoms with Gasteiger partial charge in [0.15, 0.2) is 5.78 Å². The third kappa shape index (κ3) is 3.21. The first-order valence-electron chi connectivity index (χ1n) is 6.58. The largest absolute Gasteiger partial charge is 0.296 e. The van der Waals surface area contributed by atoms with Crippen molar-refractivity contribution in [1.29, 1.82) is 0 Å². The molecule has 18 heavy (non-hydrogen) atoms. The maximum Gasteiger partial charge on any atom is 0.179 e. The number of ketones is 1. The average Bonchev–Trinajstić information content (AvgIpc) is 2.32. The molecule has 1 saturated carbocycles. The van der Waals surface area contributed by atoms with Gasteiger partial charge in [-0.2, -0.15) is 0 Å². The molecule has 1 aliphatic carbocycles. The number of benzene rings is 1. The predicted octanol–water partition coefficient (Wildman–Crippen LogP) is 3.75.